The Hall–Kier alpha value is -3.54. The summed E-state index contributed by atoms with van der Waals surface area (Å²) in [5.41, 5.74) is 3.02. The highest BCUT2D eigenvalue weighted by Crippen LogP contribution is 2.28. The van der Waals surface area contributed by atoms with Crippen LogP contribution >= 0.6 is 0 Å². The number of nitrogens with one attached hydrogen (secondary N) is 2. The van der Waals surface area contributed by atoms with Gasteiger partial charge in [-0.15, -0.1) is 0 Å². The Morgan fingerprint density at radius 1 is 1.00 bits per heavy atom. The molecule has 2 N–H and O–H groups in total. The van der Waals surface area contributed by atoms with Gasteiger partial charge in [-0.05, 0) is 48.9 Å². The number of rotatable bonds is 6. The van der Waals surface area contributed by atoms with Gasteiger partial charge in [0.25, 0.3) is 5.91 Å². The minimum absolute atomic E-state index is 0.232. The molecule has 0 aliphatic carbocycles. The summed E-state index contributed by atoms with van der Waals surface area (Å²) in [5.74, 6) is 1.70. The Bertz CT molecular complexity index is 957. The van der Waals surface area contributed by atoms with Gasteiger partial charge in [-0.25, -0.2) is 4.98 Å². The standard InChI is InChI=1S/C21H21N3O3/c1-14-7-8-19(27-3)18(11-14)24-20-12-15(9-10-22-20)21(25)23-16-5-4-6-17(13-16)26-2/h4-13H,1-3H3,(H,22,24)(H,23,25). The summed E-state index contributed by atoms with van der Waals surface area (Å²) in [6, 6.07) is 16.4. The molecule has 3 aromatic rings. The maximum Gasteiger partial charge on any atom is 0.255 e. The summed E-state index contributed by atoms with van der Waals surface area (Å²) in [6.45, 7) is 2.00. The smallest absolute Gasteiger partial charge is 0.255 e. The van der Waals surface area contributed by atoms with Crippen molar-refractivity contribution in [1.82, 2.24) is 4.98 Å². The molecule has 0 atom stereocenters. The lowest BCUT2D eigenvalue weighted by Gasteiger charge is -2.12. The van der Waals surface area contributed by atoms with Crippen LogP contribution in [0.15, 0.2) is 60.8 Å². The van der Waals surface area contributed by atoms with Gasteiger partial charge in [0.15, 0.2) is 0 Å². The van der Waals surface area contributed by atoms with E-state index >= 15 is 0 Å². The van der Waals surface area contributed by atoms with E-state index in [2.05, 4.69) is 15.6 Å². The summed E-state index contributed by atoms with van der Waals surface area (Å²) in [4.78, 5) is 16.9. The van der Waals surface area contributed by atoms with Crippen LogP contribution in [-0.4, -0.2) is 25.1 Å². The van der Waals surface area contributed by atoms with E-state index in [9.17, 15) is 4.79 Å². The first kappa shape index (κ1) is 18.3. The number of hydrogen-bond acceptors (Lipinski definition) is 5. The summed E-state index contributed by atoms with van der Waals surface area (Å²) in [7, 11) is 3.20. The molecule has 1 aromatic heterocycles. The third kappa shape index (κ3) is 4.55. The van der Waals surface area contributed by atoms with E-state index in [0.717, 1.165) is 11.3 Å². The predicted molar refractivity (Wildman–Crippen MR) is 106 cm³/mol. The quantitative estimate of drug-likeness (QED) is 0.679. The van der Waals surface area contributed by atoms with Crippen molar-refractivity contribution in [3.63, 3.8) is 0 Å². The van der Waals surface area contributed by atoms with Crippen molar-refractivity contribution < 1.29 is 14.3 Å². The highest BCUT2D eigenvalue weighted by atomic mass is 16.5. The topological polar surface area (TPSA) is 72.5 Å². The Morgan fingerprint density at radius 2 is 1.85 bits per heavy atom. The van der Waals surface area contributed by atoms with E-state index in [1.807, 2.05) is 37.3 Å². The molecule has 6 nitrogen and oxygen atoms in total. The van der Waals surface area contributed by atoms with E-state index in [4.69, 9.17) is 9.47 Å². The van der Waals surface area contributed by atoms with Crippen LogP contribution in [0.3, 0.4) is 0 Å². The largest absolute Gasteiger partial charge is 0.497 e. The minimum atomic E-state index is -0.232. The summed E-state index contributed by atoms with van der Waals surface area (Å²) in [5, 5.41) is 6.06. The van der Waals surface area contributed by atoms with E-state index in [1.165, 1.54) is 0 Å². The molecule has 1 amide bonds. The van der Waals surface area contributed by atoms with Crippen LogP contribution in [0, 0.1) is 6.92 Å². The molecular formula is C21H21N3O3. The van der Waals surface area contributed by atoms with Crippen LogP contribution in [0.2, 0.25) is 0 Å². The molecular weight excluding hydrogens is 342 g/mol. The SMILES string of the molecule is COc1cccc(NC(=O)c2ccnc(Nc3cc(C)ccc3OC)c2)c1. The molecule has 138 valence electrons. The number of pyridine rings is 1. The molecule has 0 radical (unpaired) electrons. The zero-order chi connectivity index (χ0) is 19.2. The number of methoxy groups -OCH3 is 2. The first-order valence-corrected chi connectivity index (χ1v) is 8.42. The van der Waals surface area contributed by atoms with Gasteiger partial charge in [-0.1, -0.05) is 12.1 Å². The van der Waals surface area contributed by atoms with Crippen molar-refractivity contribution in [2.24, 2.45) is 0 Å². The second-order valence-corrected chi connectivity index (χ2v) is 5.94. The molecule has 27 heavy (non-hydrogen) atoms. The maximum atomic E-state index is 12.6. The fourth-order valence-corrected chi connectivity index (χ4v) is 2.60. The number of ether oxygens (including phenoxy) is 2. The number of aryl methyl sites for hydroxylation is 1. The normalized spacial score (nSPS) is 10.2. The van der Waals surface area contributed by atoms with Gasteiger partial charge < -0.3 is 20.1 Å². The lowest BCUT2D eigenvalue weighted by atomic mass is 10.2. The Labute approximate surface area is 158 Å². The fourth-order valence-electron chi connectivity index (χ4n) is 2.60. The van der Waals surface area contributed by atoms with Crippen LogP contribution in [0.25, 0.3) is 0 Å². The van der Waals surface area contributed by atoms with E-state index in [-0.39, 0.29) is 5.91 Å². The number of amides is 1. The Kier molecular flexibility index (Phi) is 5.56. The molecule has 0 aliphatic rings. The molecule has 0 fully saturated rings. The van der Waals surface area contributed by atoms with Crippen LogP contribution in [0.1, 0.15) is 15.9 Å². The number of nitrogens with zero attached hydrogens (tertiary/aromatic N) is 1. The van der Waals surface area contributed by atoms with Crippen molar-refractivity contribution in [3.8, 4) is 11.5 Å². The van der Waals surface area contributed by atoms with Crippen LogP contribution < -0.4 is 20.1 Å². The molecule has 6 heteroatoms. The molecule has 3 rings (SSSR count). The van der Waals surface area contributed by atoms with Gasteiger partial charge in [0, 0.05) is 23.5 Å². The minimum Gasteiger partial charge on any atom is -0.497 e. The second kappa shape index (κ2) is 8.23. The van der Waals surface area contributed by atoms with Crippen LogP contribution in [-0.2, 0) is 0 Å². The molecule has 0 saturated carbocycles. The summed E-state index contributed by atoms with van der Waals surface area (Å²) < 4.78 is 10.5. The second-order valence-electron chi connectivity index (χ2n) is 5.94. The number of benzene rings is 2. The van der Waals surface area contributed by atoms with Crippen molar-refractivity contribution in [1.29, 1.82) is 0 Å². The average molecular weight is 363 g/mol. The lowest BCUT2D eigenvalue weighted by Crippen LogP contribution is -2.12. The van der Waals surface area contributed by atoms with Crippen LogP contribution in [0.4, 0.5) is 17.2 Å². The maximum absolute atomic E-state index is 12.6. The van der Waals surface area contributed by atoms with Gasteiger partial charge in [0.05, 0.1) is 19.9 Å². The van der Waals surface area contributed by atoms with Crippen LogP contribution in [0.5, 0.6) is 11.5 Å². The van der Waals surface area contributed by atoms with E-state index in [0.29, 0.717) is 28.6 Å². The zero-order valence-corrected chi connectivity index (χ0v) is 15.4. The molecule has 0 aliphatic heterocycles. The van der Waals surface area contributed by atoms with Gasteiger partial charge in [-0.2, -0.15) is 0 Å². The third-order valence-corrected chi connectivity index (χ3v) is 3.97. The number of carbonyl (C=O) groups is 1. The number of aromatic nitrogens is 1. The van der Waals surface area contributed by atoms with Crippen molar-refractivity contribution in [2.75, 3.05) is 24.9 Å². The Balaban J connectivity index is 1.79. The molecule has 2 aromatic carbocycles. The zero-order valence-electron chi connectivity index (χ0n) is 15.4. The summed E-state index contributed by atoms with van der Waals surface area (Å²) >= 11 is 0. The molecule has 0 spiro atoms. The van der Waals surface area contributed by atoms with E-state index < -0.39 is 0 Å². The number of carbonyl (C=O) groups excluding carboxylic acids is 1. The van der Waals surface area contributed by atoms with Gasteiger partial charge in [-0.3, -0.25) is 4.79 Å². The highest BCUT2D eigenvalue weighted by molar-refractivity contribution is 6.04. The predicted octanol–water partition coefficient (Wildman–Crippen LogP) is 4.40. The monoisotopic (exact) mass is 363 g/mol. The van der Waals surface area contributed by atoms with Gasteiger partial charge in [0.2, 0.25) is 0 Å². The van der Waals surface area contributed by atoms with Crippen molar-refractivity contribution >= 4 is 23.1 Å². The third-order valence-electron chi connectivity index (χ3n) is 3.97. The fraction of sp³-hybridized carbons (Fsp3) is 0.143. The highest BCUT2D eigenvalue weighted by Gasteiger charge is 2.10. The first-order valence-electron chi connectivity index (χ1n) is 8.42. The number of anilines is 3. The van der Waals surface area contributed by atoms with Crippen molar-refractivity contribution in [2.45, 2.75) is 6.92 Å². The molecule has 1 heterocycles. The lowest BCUT2D eigenvalue weighted by molar-refractivity contribution is 0.102. The van der Waals surface area contributed by atoms with Gasteiger partial charge in [0.1, 0.15) is 17.3 Å². The van der Waals surface area contributed by atoms with Gasteiger partial charge >= 0.3 is 0 Å². The van der Waals surface area contributed by atoms with Crippen molar-refractivity contribution in [3.05, 3.63) is 71.9 Å². The average Bonchev–Trinajstić information content (AvgIpc) is 2.68. The molecule has 0 bridgehead atoms. The first-order chi connectivity index (χ1) is 13.1. The Morgan fingerprint density at radius 3 is 2.63 bits per heavy atom. The van der Waals surface area contributed by atoms with E-state index in [1.54, 1.807) is 44.7 Å². The summed E-state index contributed by atoms with van der Waals surface area (Å²) in [6.07, 6.45) is 1.59. The molecule has 0 saturated heterocycles. The molecule has 0 unspecified atom stereocenters. The number of hydrogen-bond donors (Lipinski definition) is 2.